The lowest BCUT2D eigenvalue weighted by atomic mass is 9.73. The Balaban J connectivity index is 1.55. The number of rotatable bonds is 3. The summed E-state index contributed by atoms with van der Waals surface area (Å²) in [6.45, 7) is 2.94. The highest BCUT2D eigenvalue weighted by molar-refractivity contribution is 5.39. The molecule has 114 valence electrons. The zero-order valence-corrected chi connectivity index (χ0v) is 13.0. The molecule has 1 aliphatic heterocycles. The molecular weight excluding hydrogens is 272 g/mol. The maximum absolute atomic E-state index is 6.30. The normalized spacial score (nSPS) is 21.8. The van der Waals surface area contributed by atoms with Crippen molar-refractivity contribution in [2.45, 2.75) is 50.8 Å². The molecule has 4 rings (SSSR count). The first-order valence-corrected chi connectivity index (χ1v) is 8.16. The quantitative estimate of drug-likeness (QED) is 0.931. The van der Waals surface area contributed by atoms with Gasteiger partial charge in [-0.05, 0) is 43.4 Å². The maximum Gasteiger partial charge on any atom is 0.124 e. The molecule has 3 nitrogen and oxygen atoms in total. The minimum Gasteiger partial charge on any atom is -0.487 e. The molecule has 22 heavy (non-hydrogen) atoms. The third-order valence-corrected chi connectivity index (χ3v) is 4.95. The van der Waals surface area contributed by atoms with E-state index in [1.54, 1.807) is 0 Å². The van der Waals surface area contributed by atoms with Gasteiger partial charge in [-0.15, -0.1) is 0 Å². The SMILES string of the molecule is Cc1cncc(CNC2CC3(CCC3)Oc3ccccc32)c1. The highest BCUT2D eigenvalue weighted by Crippen LogP contribution is 2.48. The topological polar surface area (TPSA) is 34.2 Å². The Hall–Kier alpha value is -1.87. The van der Waals surface area contributed by atoms with Crippen LogP contribution in [-0.4, -0.2) is 10.6 Å². The molecule has 2 heterocycles. The van der Waals surface area contributed by atoms with Gasteiger partial charge in [0.05, 0.1) is 0 Å². The lowest BCUT2D eigenvalue weighted by molar-refractivity contribution is -0.0371. The Morgan fingerprint density at radius 1 is 1.27 bits per heavy atom. The first-order valence-electron chi connectivity index (χ1n) is 8.16. The molecule has 2 aliphatic rings. The summed E-state index contributed by atoms with van der Waals surface area (Å²) in [5, 5.41) is 3.72. The summed E-state index contributed by atoms with van der Waals surface area (Å²) < 4.78 is 6.30. The van der Waals surface area contributed by atoms with Gasteiger partial charge in [0.25, 0.3) is 0 Å². The number of hydrogen-bond acceptors (Lipinski definition) is 3. The number of hydrogen-bond donors (Lipinski definition) is 1. The molecule has 0 radical (unpaired) electrons. The van der Waals surface area contributed by atoms with E-state index in [2.05, 4.69) is 47.6 Å². The van der Waals surface area contributed by atoms with Gasteiger partial charge in [0, 0.05) is 37.0 Å². The van der Waals surface area contributed by atoms with Gasteiger partial charge in [0.15, 0.2) is 0 Å². The minimum atomic E-state index is 0.0802. The summed E-state index contributed by atoms with van der Waals surface area (Å²) in [6, 6.07) is 11.0. The summed E-state index contributed by atoms with van der Waals surface area (Å²) in [7, 11) is 0. The summed E-state index contributed by atoms with van der Waals surface area (Å²) >= 11 is 0. The maximum atomic E-state index is 6.30. The van der Waals surface area contributed by atoms with Gasteiger partial charge in [0.2, 0.25) is 0 Å². The molecule has 0 amide bonds. The van der Waals surface area contributed by atoms with Crippen molar-refractivity contribution in [3.05, 3.63) is 59.4 Å². The zero-order chi connectivity index (χ0) is 15.0. The molecule has 0 bridgehead atoms. The Morgan fingerprint density at radius 2 is 2.14 bits per heavy atom. The number of nitrogens with one attached hydrogen (secondary N) is 1. The largest absolute Gasteiger partial charge is 0.487 e. The van der Waals surface area contributed by atoms with Crippen LogP contribution in [0.25, 0.3) is 0 Å². The summed E-state index contributed by atoms with van der Waals surface area (Å²) in [4.78, 5) is 4.28. The predicted molar refractivity (Wildman–Crippen MR) is 86.8 cm³/mol. The van der Waals surface area contributed by atoms with E-state index in [0.717, 1.165) is 18.7 Å². The highest BCUT2D eigenvalue weighted by atomic mass is 16.5. The van der Waals surface area contributed by atoms with Crippen LogP contribution in [-0.2, 0) is 6.54 Å². The molecule has 1 spiro atoms. The van der Waals surface area contributed by atoms with Gasteiger partial charge in [-0.1, -0.05) is 24.3 Å². The molecule has 1 unspecified atom stereocenters. The molecule has 3 heteroatoms. The number of ether oxygens (including phenoxy) is 1. The fourth-order valence-electron chi connectivity index (χ4n) is 3.63. The molecule has 1 saturated carbocycles. The van der Waals surface area contributed by atoms with Crippen molar-refractivity contribution in [2.24, 2.45) is 0 Å². The van der Waals surface area contributed by atoms with Crippen molar-refractivity contribution in [1.82, 2.24) is 10.3 Å². The first kappa shape index (κ1) is 13.8. The fraction of sp³-hybridized carbons (Fsp3) is 0.421. The van der Waals surface area contributed by atoms with Crippen LogP contribution in [0.5, 0.6) is 5.75 Å². The number of aromatic nitrogens is 1. The van der Waals surface area contributed by atoms with Gasteiger partial charge in [-0.2, -0.15) is 0 Å². The van der Waals surface area contributed by atoms with E-state index in [1.807, 2.05) is 12.4 Å². The molecule has 1 N–H and O–H groups in total. The Bertz CT molecular complexity index is 679. The van der Waals surface area contributed by atoms with E-state index < -0.39 is 0 Å². The van der Waals surface area contributed by atoms with E-state index in [4.69, 9.17) is 4.74 Å². The van der Waals surface area contributed by atoms with Crippen molar-refractivity contribution >= 4 is 0 Å². The average Bonchev–Trinajstić information content (AvgIpc) is 2.51. The van der Waals surface area contributed by atoms with Gasteiger partial charge in [-0.3, -0.25) is 4.98 Å². The molecule has 1 fully saturated rings. The molecule has 1 aromatic heterocycles. The second kappa shape index (κ2) is 5.40. The Kier molecular flexibility index (Phi) is 3.38. The van der Waals surface area contributed by atoms with Gasteiger partial charge >= 0.3 is 0 Å². The molecule has 1 atom stereocenters. The number of benzene rings is 1. The lowest BCUT2D eigenvalue weighted by Crippen LogP contribution is -2.49. The lowest BCUT2D eigenvalue weighted by Gasteiger charge is -2.48. The zero-order valence-electron chi connectivity index (χ0n) is 13.0. The Labute approximate surface area is 131 Å². The van der Waals surface area contributed by atoms with Gasteiger partial charge < -0.3 is 10.1 Å². The first-order chi connectivity index (χ1) is 10.7. The number of pyridine rings is 1. The van der Waals surface area contributed by atoms with Gasteiger partial charge in [-0.25, -0.2) is 0 Å². The van der Waals surface area contributed by atoms with E-state index in [1.165, 1.54) is 36.0 Å². The molecule has 0 saturated heterocycles. The number of para-hydroxylation sites is 1. The summed E-state index contributed by atoms with van der Waals surface area (Å²) in [6.07, 6.45) is 8.58. The van der Waals surface area contributed by atoms with Crippen LogP contribution < -0.4 is 10.1 Å². The van der Waals surface area contributed by atoms with Crippen LogP contribution in [0.15, 0.2) is 42.7 Å². The summed E-state index contributed by atoms with van der Waals surface area (Å²) in [5.74, 6) is 1.06. The van der Waals surface area contributed by atoms with Crippen LogP contribution >= 0.6 is 0 Å². The van der Waals surface area contributed by atoms with Crippen molar-refractivity contribution in [2.75, 3.05) is 0 Å². The second-order valence-corrected chi connectivity index (χ2v) is 6.68. The van der Waals surface area contributed by atoms with Crippen LogP contribution in [0.4, 0.5) is 0 Å². The summed E-state index contributed by atoms with van der Waals surface area (Å²) in [5.41, 5.74) is 3.83. The third kappa shape index (κ3) is 2.50. The molecule has 1 aliphatic carbocycles. The van der Waals surface area contributed by atoms with Crippen LogP contribution in [0, 0.1) is 6.92 Å². The van der Waals surface area contributed by atoms with E-state index >= 15 is 0 Å². The minimum absolute atomic E-state index is 0.0802. The monoisotopic (exact) mass is 294 g/mol. The smallest absolute Gasteiger partial charge is 0.124 e. The average molecular weight is 294 g/mol. The predicted octanol–water partition coefficient (Wildman–Crippen LogP) is 3.93. The van der Waals surface area contributed by atoms with E-state index in [0.29, 0.717) is 6.04 Å². The second-order valence-electron chi connectivity index (χ2n) is 6.68. The highest BCUT2D eigenvalue weighted by Gasteiger charge is 2.45. The van der Waals surface area contributed by atoms with Crippen molar-refractivity contribution in [1.29, 1.82) is 0 Å². The molecule has 2 aromatic rings. The van der Waals surface area contributed by atoms with Crippen LogP contribution in [0.1, 0.15) is 48.4 Å². The van der Waals surface area contributed by atoms with Gasteiger partial charge in [0.1, 0.15) is 11.4 Å². The van der Waals surface area contributed by atoms with E-state index in [-0.39, 0.29) is 5.60 Å². The van der Waals surface area contributed by atoms with Crippen LogP contribution in [0.3, 0.4) is 0 Å². The van der Waals surface area contributed by atoms with Crippen molar-refractivity contribution in [3.8, 4) is 5.75 Å². The molecule has 1 aromatic carbocycles. The van der Waals surface area contributed by atoms with Crippen molar-refractivity contribution < 1.29 is 4.74 Å². The number of fused-ring (bicyclic) bond motifs is 1. The molecular formula is C19H22N2O. The van der Waals surface area contributed by atoms with E-state index in [9.17, 15) is 0 Å². The number of nitrogens with zero attached hydrogens (tertiary/aromatic N) is 1. The number of aryl methyl sites for hydroxylation is 1. The Morgan fingerprint density at radius 3 is 2.91 bits per heavy atom. The van der Waals surface area contributed by atoms with Crippen molar-refractivity contribution in [3.63, 3.8) is 0 Å². The third-order valence-electron chi connectivity index (χ3n) is 4.95. The standard InChI is InChI=1S/C19H22N2O/c1-14-9-15(12-20-11-14)13-21-17-10-19(7-4-8-19)22-18-6-3-2-5-16(17)18/h2-3,5-6,9,11-12,17,21H,4,7-8,10,13H2,1H3. The van der Waals surface area contributed by atoms with Crippen LogP contribution in [0.2, 0.25) is 0 Å². The fourth-order valence-corrected chi connectivity index (χ4v) is 3.63.